The third kappa shape index (κ3) is 3.03. The summed E-state index contributed by atoms with van der Waals surface area (Å²) in [5, 5.41) is 19.5. The highest BCUT2D eigenvalue weighted by atomic mass is 16.5. The number of amides is 1. The van der Waals surface area contributed by atoms with Crippen LogP contribution in [0.2, 0.25) is 0 Å². The molecule has 132 valence electrons. The molecule has 24 heavy (non-hydrogen) atoms. The van der Waals surface area contributed by atoms with Gasteiger partial charge in [0.15, 0.2) is 0 Å². The molecule has 2 N–H and O–H groups in total. The van der Waals surface area contributed by atoms with Crippen molar-refractivity contribution < 1.29 is 19.7 Å². The fraction of sp³-hybridized carbons (Fsp3) is 0.632. The molecule has 0 atom stereocenters. The van der Waals surface area contributed by atoms with Gasteiger partial charge in [0.2, 0.25) is 5.91 Å². The van der Waals surface area contributed by atoms with Crippen LogP contribution < -0.4 is 4.74 Å². The number of aliphatic hydroxyl groups is 2. The summed E-state index contributed by atoms with van der Waals surface area (Å²) < 4.78 is 5.23. The van der Waals surface area contributed by atoms with Crippen LogP contribution >= 0.6 is 0 Å². The fourth-order valence-corrected chi connectivity index (χ4v) is 4.10. The Labute approximate surface area is 143 Å². The zero-order chi connectivity index (χ0) is 17.2. The maximum atomic E-state index is 13.3. The van der Waals surface area contributed by atoms with Crippen molar-refractivity contribution in [1.29, 1.82) is 0 Å². The van der Waals surface area contributed by atoms with Gasteiger partial charge in [-0.05, 0) is 43.4 Å². The molecule has 5 nitrogen and oxygen atoms in total. The molecular formula is C19H27NO4. The van der Waals surface area contributed by atoms with Gasteiger partial charge in [0, 0.05) is 13.1 Å². The van der Waals surface area contributed by atoms with Crippen LogP contribution in [0, 0.1) is 0 Å². The lowest BCUT2D eigenvalue weighted by molar-refractivity contribution is -0.143. The molecule has 1 saturated carbocycles. The zero-order valence-corrected chi connectivity index (χ0v) is 14.3. The minimum atomic E-state index is -1.03. The van der Waals surface area contributed by atoms with Gasteiger partial charge >= 0.3 is 0 Å². The van der Waals surface area contributed by atoms with E-state index in [0.717, 1.165) is 37.0 Å². The number of carbonyl (C=O) groups excluding carboxylic acids is 1. The Morgan fingerprint density at radius 3 is 2.21 bits per heavy atom. The van der Waals surface area contributed by atoms with Gasteiger partial charge < -0.3 is 19.8 Å². The van der Waals surface area contributed by atoms with E-state index in [1.165, 1.54) is 0 Å². The van der Waals surface area contributed by atoms with Crippen molar-refractivity contribution in [3.63, 3.8) is 0 Å². The summed E-state index contributed by atoms with van der Waals surface area (Å²) in [5.41, 5.74) is -0.408. The van der Waals surface area contributed by atoms with E-state index in [2.05, 4.69) is 0 Å². The monoisotopic (exact) mass is 333 g/mol. The second kappa shape index (κ2) is 6.73. The molecule has 0 aromatic heterocycles. The van der Waals surface area contributed by atoms with Crippen molar-refractivity contribution in [2.24, 2.45) is 0 Å². The molecule has 0 unspecified atom stereocenters. The largest absolute Gasteiger partial charge is 0.497 e. The van der Waals surface area contributed by atoms with Gasteiger partial charge in [-0.15, -0.1) is 0 Å². The summed E-state index contributed by atoms with van der Waals surface area (Å²) in [6.07, 6.45) is 4.75. The minimum Gasteiger partial charge on any atom is -0.497 e. The Morgan fingerprint density at radius 1 is 1.12 bits per heavy atom. The molecule has 3 rings (SSSR count). The van der Waals surface area contributed by atoms with E-state index in [4.69, 9.17) is 4.74 Å². The lowest BCUT2D eigenvalue weighted by atomic mass is 9.76. The zero-order valence-electron chi connectivity index (χ0n) is 14.3. The molecule has 2 aliphatic rings. The second-order valence-corrected chi connectivity index (χ2v) is 7.19. The maximum Gasteiger partial charge on any atom is 0.233 e. The normalized spacial score (nSPS) is 22.4. The average molecular weight is 333 g/mol. The van der Waals surface area contributed by atoms with Crippen molar-refractivity contribution in [2.75, 3.05) is 26.8 Å². The number of methoxy groups -OCH3 is 1. The van der Waals surface area contributed by atoms with E-state index in [9.17, 15) is 15.0 Å². The van der Waals surface area contributed by atoms with E-state index in [-0.39, 0.29) is 12.5 Å². The summed E-state index contributed by atoms with van der Waals surface area (Å²) in [7, 11) is 1.64. The van der Waals surface area contributed by atoms with Crippen molar-refractivity contribution >= 4 is 5.91 Å². The molecule has 1 heterocycles. The summed E-state index contributed by atoms with van der Waals surface area (Å²) in [4.78, 5) is 15.2. The lowest BCUT2D eigenvalue weighted by Crippen LogP contribution is -2.53. The topological polar surface area (TPSA) is 70.0 Å². The molecule has 0 radical (unpaired) electrons. The predicted octanol–water partition coefficient (Wildman–Crippen LogP) is 1.85. The van der Waals surface area contributed by atoms with Crippen LogP contribution in [0.15, 0.2) is 24.3 Å². The highest BCUT2D eigenvalue weighted by Crippen LogP contribution is 2.43. The van der Waals surface area contributed by atoms with Gasteiger partial charge in [0.1, 0.15) is 5.75 Å². The van der Waals surface area contributed by atoms with Crippen molar-refractivity contribution in [3.05, 3.63) is 29.8 Å². The molecule has 0 spiro atoms. The molecular weight excluding hydrogens is 306 g/mol. The van der Waals surface area contributed by atoms with E-state index >= 15 is 0 Å². The van der Waals surface area contributed by atoms with Crippen LogP contribution in [0.25, 0.3) is 0 Å². The Balaban J connectivity index is 1.81. The third-order valence-electron chi connectivity index (χ3n) is 5.78. The van der Waals surface area contributed by atoms with Gasteiger partial charge in [0.25, 0.3) is 0 Å². The molecule has 5 heteroatoms. The molecule has 1 aromatic carbocycles. The number of benzene rings is 1. The molecule has 0 bridgehead atoms. The van der Waals surface area contributed by atoms with Crippen LogP contribution in [0.5, 0.6) is 5.75 Å². The minimum absolute atomic E-state index is 0.171. The second-order valence-electron chi connectivity index (χ2n) is 7.19. The van der Waals surface area contributed by atoms with Crippen molar-refractivity contribution in [1.82, 2.24) is 4.90 Å². The molecule has 1 aromatic rings. The van der Waals surface area contributed by atoms with E-state index in [0.29, 0.717) is 25.9 Å². The van der Waals surface area contributed by atoms with Gasteiger partial charge in [-0.3, -0.25) is 4.79 Å². The van der Waals surface area contributed by atoms with Gasteiger partial charge in [-0.25, -0.2) is 0 Å². The first kappa shape index (κ1) is 17.2. The summed E-state index contributed by atoms with van der Waals surface area (Å²) in [5.74, 6) is 0.968. The quantitative estimate of drug-likeness (QED) is 0.882. The first-order valence-electron chi connectivity index (χ1n) is 8.80. The van der Waals surface area contributed by atoms with Crippen molar-refractivity contribution in [3.8, 4) is 5.75 Å². The number of piperidine rings is 1. The molecule has 1 aliphatic heterocycles. The Kier molecular flexibility index (Phi) is 4.83. The van der Waals surface area contributed by atoms with Crippen LogP contribution in [0.1, 0.15) is 44.1 Å². The summed E-state index contributed by atoms with van der Waals surface area (Å²) in [6.45, 7) is 0.778. The Morgan fingerprint density at radius 2 is 1.71 bits per heavy atom. The van der Waals surface area contributed by atoms with Gasteiger partial charge in [-0.1, -0.05) is 25.0 Å². The smallest absolute Gasteiger partial charge is 0.233 e. The SMILES string of the molecule is COc1ccc(C2(C(=O)N3CCC(O)(CO)CC3)CCCC2)cc1. The molecule has 1 aliphatic carbocycles. The first-order valence-corrected chi connectivity index (χ1v) is 8.80. The number of hydrogen-bond acceptors (Lipinski definition) is 4. The number of carbonyl (C=O) groups is 1. The lowest BCUT2D eigenvalue weighted by Gasteiger charge is -2.41. The van der Waals surface area contributed by atoms with Crippen LogP contribution in [0.3, 0.4) is 0 Å². The highest BCUT2D eigenvalue weighted by molar-refractivity contribution is 5.88. The number of hydrogen-bond donors (Lipinski definition) is 2. The van der Waals surface area contributed by atoms with Crippen LogP contribution in [-0.4, -0.2) is 53.4 Å². The van der Waals surface area contributed by atoms with Crippen LogP contribution in [0.4, 0.5) is 0 Å². The van der Waals surface area contributed by atoms with Crippen molar-refractivity contribution in [2.45, 2.75) is 49.5 Å². The van der Waals surface area contributed by atoms with E-state index < -0.39 is 11.0 Å². The maximum absolute atomic E-state index is 13.3. The predicted molar refractivity (Wildman–Crippen MR) is 91.0 cm³/mol. The Bertz CT molecular complexity index is 570. The van der Waals surface area contributed by atoms with E-state index in [1.807, 2.05) is 29.2 Å². The number of aliphatic hydroxyl groups excluding tert-OH is 1. The first-order chi connectivity index (χ1) is 11.5. The Hall–Kier alpha value is -1.59. The van der Waals surface area contributed by atoms with E-state index in [1.54, 1.807) is 7.11 Å². The molecule has 1 amide bonds. The summed E-state index contributed by atoms with van der Waals surface area (Å²) in [6, 6.07) is 7.86. The van der Waals surface area contributed by atoms with Crippen LogP contribution in [-0.2, 0) is 10.2 Å². The number of likely N-dealkylation sites (tertiary alicyclic amines) is 1. The van der Waals surface area contributed by atoms with Gasteiger partial charge in [0.05, 0.1) is 24.7 Å². The fourth-order valence-electron chi connectivity index (χ4n) is 4.10. The number of nitrogens with zero attached hydrogens (tertiary/aromatic N) is 1. The highest BCUT2D eigenvalue weighted by Gasteiger charge is 2.46. The van der Waals surface area contributed by atoms with Gasteiger partial charge in [-0.2, -0.15) is 0 Å². The number of rotatable bonds is 4. The molecule has 2 fully saturated rings. The average Bonchev–Trinajstić information content (AvgIpc) is 3.13. The number of ether oxygens (including phenoxy) is 1. The third-order valence-corrected chi connectivity index (χ3v) is 5.78. The summed E-state index contributed by atoms with van der Waals surface area (Å²) >= 11 is 0. The molecule has 1 saturated heterocycles. The standard InChI is InChI=1S/C19H27NO4/c1-24-16-6-4-15(5-7-16)19(8-2-3-9-19)17(22)20-12-10-18(23,14-21)11-13-20/h4-7,21,23H,2-3,8-14H2,1H3.